The highest BCUT2D eigenvalue weighted by Crippen LogP contribution is 2.30. The Morgan fingerprint density at radius 2 is 1.89 bits per heavy atom. The van der Waals surface area contributed by atoms with E-state index in [1.54, 1.807) is 12.2 Å². The van der Waals surface area contributed by atoms with Gasteiger partial charge in [-0.15, -0.1) is 0 Å². The van der Waals surface area contributed by atoms with Crippen molar-refractivity contribution in [2.75, 3.05) is 13.7 Å². The Balaban J connectivity index is 1.92. The van der Waals surface area contributed by atoms with Crippen molar-refractivity contribution in [1.29, 1.82) is 0 Å². The fourth-order valence-corrected chi connectivity index (χ4v) is 1.42. The van der Waals surface area contributed by atoms with Crippen molar-refractivity contribution >= 4 is 11.9 Å². The highest BCUT2D eigenvalue weighted by molar-refractivity contribution is 5.93. The zero-order valence-electron chi connectivity index (χ0n) is 10.8. The summed E-state index contributed by atoms with van der Waals surface area (Å²) in [6.45, 7) is 0.239. The highest BCUT2D eigenvalue weighted by atomic mass is 16.7. The van der Waals surface area contributed by atoms with Crippen LogP contribution in [0.1, 0.15) is 32.1 Å². The van der Waals surface area contributed by atoms with E-state index in [-0.39, 0.29) is 12.4 Å². The molecule has 1 aliphatic rings. The number of carbonyl (C=O) groups is 2. The summed E-state index contributed by atoms with van der Waals surface area (Å²) in [4.78, 5) is 21.9. The number of hydrogen-bond donors (Lipinski definition) is 0. The lowest BCUT2D eigenvalue weighted by molar-refractivity contribution is -0.115. The lowest BCUT2D eigenvalue weighted by Crippen LogP contribution is -2.03. The topological polar surface area (TPSA) is 52.6 Å². The van der Waals surface area contributed by atoms with Crippen LogP contribution in [0.5, 0.6) is 0 Å². The van der Waals surface area contributed by atoms with Crippen LogP contribution in [0.4, 0.5) is 4.79 Å². The zero-order chi connectivity index (χ0) is 13.2. The number of unbranched alkanes of at least 4 members (excludes halogenated alkanes) is 2. The van der Waals surface area contributed by atoms with Crippen LogP contribution in [0.15, 0.2) is 24.3 Å². The Morgan fingerprint density at radius 3 is 2.56 bits per heavy atom. The average Bonchev–Trinajstić information content (AvgIpc) is 3.20. The molecule has 0 atom stereocenters. The molecule has 0 aromatic heterocycles. The predicted octanol–water partition coefficient (Wildman–Crippen LogP) is 3.03. The van der Waals surface area contributed by atoms with Gasteiger partial charge in [-0.25, -0.2) is 4.79 Å². The Bertz CT molecular complexity index is 327. The van der Waals surface area contributed by atoms with E-state index in [1.807, 2.05) is 12.2 Å². The van der Waals surface area contributed by atoms with Crippen molar-refractivity contribution in [3.05, 3.63) is 24.3 Å². The van der Waals surface area contributed by atoms with E-state index >= 15 is 0 Å². The molecule has 1 saturated carbocycles. The van der Waals surface area contributed by atoms with Crippen molar-refractivity contribution in [2.24, 2.45) is 5.92 Å². The minimum atomic E-state index is -0.666. The van der Waals surface area contributed by atoms with Gasteiger partial charge in [0.2, 0.25) is 0 Å². The quantitative estimate of drug-likeness (QED) is 0.288. The Labute approximate surface area is 108 Å². The van der Waals surface area contributed by atoms with Crippen LogP contribution in [-0.4, -0.2) is 25.7 Å². The minimum Gasteiger partial charge on any atom is -0.438 e. The van der Waals surface area contributed by atoms with Crippen molar-refractivity contribution in [2.45, 2.75) is 32.1 Å². The molecule has 0 saturated heterocycles. The van der Waals surface area contributed by atoms with E-state index in [1.165, 1.54) is 7.11 Å². The minimum absolute atomic E-state index is 0.239. The van der Waals surface area contributed by atoms with Crippen LogP contribution >= 0.6 is 0 Å². The van der Waals surface area contributed by atoms with Gasteiger partial charge in [0.1, 0.15) is 6.61 Å². The number of rotatable bonds is 8. The molecule has 100 valence electrons. The first-order chi connectivity index (χ1) is 8.74. The Kier molecular flexibility index (Phi) is 6.84. The van der Waals surface area contributed by atoms with Crippen LogP contribution in [0.2, 0.25) is 0 Å². The van der Waals surface area contributed by atoms with Crippen LogP contribution in [0.3, 0.4) is 0 Å². The van der Waals surface area contributed by atoms with Gasteiger partial charge in [0.05, 0.1) is 7.11 Å². The third kappa shape index (κ3) is 6.89. The van der Waals surface area contributed by atoms with E-state index < -0.39 is 6.16 Å². The SMILES string of the molecule is COC(=O)OC/C=C/CCC/C=C/C(=O)C1CC1. The van der Waals surface area contributed by atoms with Gasteiger partial charge < -0.3 is 9.47 Å². The van der Waals surface area contributed by atoms with Crippen LogP contribution in [0.25, 0.3) is 0 Å². The van der Waals surface area contributed by atoms with E-state index in [2.05, 4.69) is 9.47 Å². The molecule has 0 spiro atoms. The number of methoxy groups -OCH3 is 1. The summed E-state index contributed by atoms with van der Waals surface area (Å²) in [5.74, 6) is 0.591. The summed E-state index contributed by atoms with van der Waals surface area (Å²) in [5.41, 5.74) is 0. The van der Waals surface area contributed by atoms with E-state index in [9.17, 15) is 9.59 Å². The summed E-state index contributed by atoms with van der Waals surface area (Å²) in [7, 11) is 1.28. The molecule has 4 heteroatoms. The predicted molar refractivity (Wildman–Crippen MR) is 68.2 cm³/mol. The molecule has 1 aliphatic carbocycles. The first-order valence-corrected chi connectivity index (χ1v) is 6.30. The summed E-state index contributed by atoms with van der Waals surface area (Å²) in [5, 5.41) is 0. The Morgan fingerprint density at radius 1 is 1.17 bits per heavy atom. The number of carbonyl (C=O) groups excluding carboxylic acids is 2. The van der Waals surface area contributed by atoms with E-state index in [0.29, 0.717) is 5.92 Å². The fourth-order valence-electron chi connectivity index (χ4n) is 1.42. The Hall–Kier alpha value is -1.58. The molecule has 0 N–H and O–H groups in total. The summed E-state index contributed by atoms with van der Waals surface area (Å²) >= 11 is 0. The van der Waals surface area contributed by atoms with Crippen molar-refractivity contribution in [3.8, 4) is 0 Å². The fraction of sp³-hybridized carbons (Fsp3) is 0.571. The first kappa shape index (κ1) is 14.5. The second-order valence-electron chi connectivity index (χ2n) is 4.25. The monoisotopic (exact) mass is 252 g/mol. The zero-order valence-corrected chi connectivity index (χ0v) is 10.8. The van der Waals surface area contributed by atoms with Gasteiger partial charge in [0, 0.05) is 5.92 Å². The molecule has 0 aliphatic heterocycles. The summed E-state index contributed by atoms with van der Waals surface area (Å²) < 4.78 is 9.00. The molecule has 0 aromatic rings. The standard InChI is InChI=1S/C14H20O4/c1-17-14(16)18-11-7-5-3-2-4-6-8-13(15)12-9-10-12/h5-8,12H,2-4,9-11H2,1H3/b7-5+,8-6+. The van der Waals surface area contributed by atoms with Crippen molar-refractivity contribution in [3.63, 3.8) is 0 Å². The number of hydrogen-bond acceptors (Lipinski definition) is 4. The van der Waals surface area contributed by atoms with Crippen LogP contribution in [-0.2, 0) is 14.3 Å². The summed E-state index contributed by atoms with van der Waals surface area (Å²) in [6, 6.07) is 0. The molecule has 0 aromatic carbocycles. The lowest BCUT2D eigenvalue weighted by Gasteiger charge is -1.97. The normalized spacial score (nSPS) is 15.2. The average molecular weight is 252 g/mol. The maximum Gasteiger partial charge on any atom is 0.508 e. The molecular formula is C14H20O4. The molecule has 0 bridgehead atoms. The van der Waals surface area contributed by atoms with E-state index in [4.69, 9.17) is 0 Å². The molecule has 0 amide bonds. The molecule has 1 fully saturated rings. The molecule has 1 rings (SSSR count). The van der Waals surface area contributed by atoms with Gasteiger partial charge in [-0.2, -0.15) is 0 Å². The van der Waals surface area contributed by atoms with Gasteiger partial charge in [0.25, 0.3) is 0 Å². The van der Waals surface area contributed by atoms with Gasteiger partial charge >= 0.3 is 6.16 Å². The van der Waals surface area contributed by atoms with Crippen LogP contribution < -0.4 is 0 Å². The second kappa shape index (κ2) is 8.50. The number of allylic oxidation sites excluding steroid dienone is 3. The second-order valence-corrected chi connectivity index (χ2v) is 4.25. The van der Waals surface area contributed by atoms with E-state index in [0.717, 1.165) is 32.1 Å². The van der Waals surface area contributed by atoms with Crippen molar-refractivity contribution < 1.29 is 19.1 Å². The number of ketones is 1. The third-order valence-electron chi connectivity index (χ3n) is 2.63. The summed E-state index contributed by atoms with van der Waals surface area (Å²) in [6.07, 6.45) is 11.7. The molecular weight excluding hydrogens is 232 g/mol. The van der Waals surface area contributed by atoms with Gasteiger partial charge in [-0.3, -0.25) is 4.79 Å². The lowest BCUT2D eigenvalue weighted by atomic mass is 10.2. The molecule has 0 radical (unpaired) electrons. The number of ether oxygens (including phenoxy) is 2. The molecule has 18 heavy (non-hydrogen) atoms. The molecule has 0 heterocycles. The largest absolute Gasteiger partial charge is 0.508 e. The van der Waals surface area contributed by atoms with Gasteiger partial charge in [-0.1, -0.05) is 18.2 Å². The van der Waals surface area contributed by atoms with Gasteiger partial charge in [0.15, 0.2) is 5.78 Å². The maximum atomic E-state index is 11.3. The van der Waals surface area contributed by atoms with Crippen LogP contribution in [0, 0.1) is 5.92 Å². The first-order valence-electron chi connectivity index (χ1n) is 6.30. The maximum absolute atomic E-state index is 11.3. The molecule has 0 unspecified atom stereocenters. The van der Waals surface area contributed by atoms with Crippen molar-refractivity contribution in [1.82, 2.24) is 0 Å². The third-order valence-corrected chi connectivity index (χ3v) is 2.63. The highest BCUT2D eigenvalue weighted by Gasteiger charge is 2.27. The van der Waals surface area contributed by atoms with Gasteiger partial charge in [-0.05, 0) is 38.2 Å². The smallest absolute Gasteiger partial charge is 0.438 e. The molecule has 4 nitrogen and oxygen atoms in total.